The highest BCUT2D eigenvalue weighted by Crippen LogP contribution is 2.32. The normalized spacial score (nSPS) is 21.8. The van der Waals surface area contributed by atoms with Gasteiger partial charge in [0, 0.05) is 0 Å². The summed E-state index contributed by atoms with van der Waals surface area (Å²) >= 11 is 0. The van der Waals surface area contributed by atoms with E-state index in [2.05, 4.69) is 0 Å². The molecule has 0 N–H and O–H groups in total. The van der Waals surface area contributed by atoms with Crippen molar-refractivity contribution < 1.29 is 35.4 Å². The van der Waals surface area contributed by atoms with E-state index >= 15 is 0 Å². The first kappa shape index (κ1) is 9.03. The Kier molecular flexibility index (Phi) is 3.25. The summed E-state index contributed by atoms with van der Waals surface area (Å²) < 4.78 is 108. The highest BCUT2D eigenvalue weighted by atomic mass is 16.5. The first-order valence-electron chi connectivity index (χ1n) is 14.1. The molecule has 0 aromatic heterocycles. The molecule has 0 saturated carbocycles. The smallest absolute Gasteiger partial charge is 0.160 e. The van der Waals surface area contributed by atoms with Crippen LogP contribution >= 0.6 is 0 Å². The molecule has 2 unspecified atom stereocenters. The van der Waals surface area contributed by atoms with Crippen LogP contribution in [0.15, 0.2) is 36.4 Å². The summed E-state index contributed by atoms with van der Waals surface area (Å²) in [5.41, 5.74) is 1.38. The molecule has 0 saturated heterocycles. The third-order valence-electron chi connectivity index (χ3n) is 4.54. The second-order valence-corrected chi connectivity index (χ2v) is 6.33. The van der Waals surface area contributed by atoms with E-state index in [0.29, 0.717) is 24.0 Å². The number of methoxy groups -OCH3 is 4. The molecule has 0 fully saturated rings. The minimum atomic E-state index is -2.81. The first-order chi connectivity index (χ1) is 17.1. The van der Waals surface area contributed by atoms with Crippen molar-refractivity contribution in [3.8, 4) is 23.0 Å². The van der Waals surface area contributed by atoms with Gasteiger partial charge in [-0.15, -0.1) is 0 Å². The Morgan fingerprint density at radius 3 is 1.42 bits per heavy atom. The Morgan fingerprint density at radius 2 is 1.04 bits per heavy atom. The molecule has 2 aromatic rings. The maximum absolute atomic E-state index is 7.37. The van der Waals surface area contributed by atoms with Crippen LogP contribution in [-0.2, 0) is 12.8 Å². The summed E-state index contributed by atoms with van der Waals surface area (Å²) in [6.07, 6.45) is 0.955. The van der Waals surface area contributed by atoms with Crippen molar-refractivity contribution in [3.63, 3.8) is 0 Å². The van der Waals surface area contributed by atoms with Gasteiger partial charge in [0.15, 0.2) is 23.0 Å². The summed E-state index contributed by atoms with van der Waals surface area (Å²) in [7, 11) is -11.2. The van der Waals surface area contributed by atoms with Gasteiger partial charge in [0.2, 0.25) is 0 Å². The second-order valence-electron chi connectivity index (χ2n) is 6.33. The summed E-state index contributed by atoms with van der Waals surface area (Å²) in [6, 6.07) is 8.81. The van der Waals surface area contributed by atoms with Crippen LogP contribution in [0.25, 0.3) is 0 Å². The predicted molar refractivity (Wildman–Crippen MR) is 105 cm³/mol. The summed E-state index contributed by atoms with van der Waals surface area (Å²) in [4.78, 5) is 0. The van der Waals surface area contributed by atoms with E-state index in [4.69, 9.17) is 35.4 Å². The number of benzene rings is 2. The Bertz CT molecular complexity index is 988. The number of hydrogen-bond donors (Lipinski definition) is 0. The van der Waals surface area contributed by atoms with Gasteiger partial charge in [-0.1, -0.05) is 26.0 Å². The third-order valence-corrected chi connectivity index (χ3v) is 4.54. The van der Waals surface area contributed by atoms with Crippen molar-refractivity contribution in [3.05, 3.63) is 47.5 Å². The van der Waals surface area contributed by atoms with Gasteiger partial charge >= 0.3 is 0 Å². The lowest BCUT2D eigenvalue weighted by Gasteiger charge is -2.21. The lowest BCUT2D eigenvalue weighted by atomic mass is 9.85. The zero-order valence-electron chi connectivity index (χ0n) is 26.7. The Balaban J connectivity index is 2.22. The lowest BCUT2D eigenvalue weighted by molar-refractivity contribution is 0.350. The number of hydrogen-bond acceptors (Lipinski definition) is 4. The molecule has 4 heteroatoms. The molecule has 4 nitrogen and oxygen atoms in total. The van der Waals surface area contributed by atoms with Crippen molar-refractivity contribution >= 4 is 0 Å². The minimum Gasteiger partial charge on any atom is -0.493 e. The third kappa shape index (κ3) is 4.84. The first-order valence-corrected chi connectivity index (χ1v) is 8.12. The molecule has 2 aromatic carbocycles. The van der Waals surface area contributed by atoms with Crippen LogP contribution in [0.5, 0.6) is 23.0 Å². The van der Waals surface area contributed by atoms with Crippen LogP contribution in [0.2, 0.25) is 0 Å². The van der Waals surface area contributed by atoms with E-state index in [-0.39, 0.29) is 34.8 Å². The van der Waals surface area contributed by atoms with Crippen molar-refractivity contribution in [2.24, 2.45) is 11.8 Å². The van der Waals surface area contributed by atoms with Crippen LogP contribution < -0.4 is 18.9 Å². The molecule has 0 radical (unpaired) electrons. The van der Waals surface area contributed by atoms with Crippen LogP contribution in [0.1, 0.15) is 41.4 Å². The fraction of sp³-hybridized carbons (Fsp3) is 0.455. The monoisotopic (exact) mass is 370 g/mol. The number of rotatable bonds is 9. The standard InChI is InChI=1S/C22H30O4/c1-15(11-17-7-9-19(23-3)21(13-17)25-5)16(2)12-18-8-10-20(24-4)22(14-18)26-6/h7-10,13-16H,11-12H2,1-6H3/i3D3,4D3,5D3,6D3. The quantitative estimate of drug-likeness (QED) is 0.637. The molecule has 2 rings (SSSR count). The van der Waals surface area contributed by atoms with E-state index in [0.717, 1.165) is 0 Å². The average molecular weight is 371 g/mol. The Labute approximate surface area is 173 Å². The number of ether oxygens (including phenoxy) is 4. The van der Waals surface area contributed by atoms with Gasteiger partial charge in [-0.25, -0.2) is 0 Å². The van der Waals surface area contributed by atoms with Gasteiger partial charge in [0.05, 0.1) is 44.6 Å². The van der Waals surface area contributed by atoms with Gasteiger partial charge in [-0.3, -0.25) is 0 Å². The zero-order valence-corrected chi connectivity index (χ0v) is 14.7. The molecular weight excluding hydrogens is 328 g/mol. The van der Waals surface area contributed by atoms with Gasteiger partial charge in [0.25, 0.3) is 0 Å². The molecule has 0 aliphatic carbocycles. The lowest BCUT2D eigenvalue weighted by Crippen LogP contribution is -2.14. The van der Waals surface area contributed by atoms with Crippen LogP contribution in [-0.4, -0.2) is 28.2 Å². The van der Waals surface area contributed by atoms with Gasteiger partial charge in [-0.2, -0.15) is 0 Å². The highest BCUT2D eigenvalue weighted by molar-refractivity contribution is 5.44. The molecule has 142 valence electrons. The summed E-state index contributed by atoms with van der Waals surface area (Å²) in [6.45, 7) is 3.93. The van der Waals surface area contributed by atoms with Gasteiger partial charge < -0.3 is 18.9 Å². The second kappa shape index (κ2) is 9.37. The van der Waals surface area contributed by atoms with E-state index in [1.54, 1.807) is 12.1 Å². The zero-order chi connectivity index (χ0) is 29.1. The summed E-state index contributed by atoms with van der Waals surface area (Å²) in [5.74, 6) is -0.812. The van der Waals surface area contributed by atoms with E-state index in [9.17, 15) is 0 Å². The molecule has 26 heavy (non-hydrogen) atoms. The van der Waals surface area contributed by atoms with Crippen LogP contribution in [0, 0.1) is 11.8 Å². The largest absolute Gasteiger partial charge is 0.493 e. The molecule has 0 spiro atoms. The minimum absolute atomic E-state index is 0.0234. The molecule has 2 atom stereocenters. The van der Waals surface area contributed by atoms with E-state index < -0.39 is 28.2 Å². The molecule has 0 bridgehead atoms. The maximum atomic E-state index is 7.37. The van der Waals surface area contributed by atoms with Gasteiger partial charge in [0.1, 0.15) is 0 Å². The van der Waals surface area contributed by atoms with Crippen molar-refractivity contribution in [1.29, 1.82) is 0 Å². The maximum Gasteiger partial charge on any atom is 0.160 e. The van der Waals surface area contributed by atoms with Crippen LogP contribution in [0.4, 0.5) is 0 Å². The van der Waals surface area contributed by atoms with E-state index in [1.807, 2.05) is 13.8 Å². The topological polar surface area (TPSA) is 36.9 Å². The fourth-order valence-corrected chi connectivity index (χ4v) is 2.83. The van der Waals surface area contributed by atoms with Crippen molar-refractivity contribution in [2.75, 3.05) is 28.2 Å². The van der Waals surface area contributed by atoms with Crippen molar-refractivity contribution in [1.82, 2.24) is 0 Å². The SMILES string of the molecule is [2H]C([2H])([2H])Oc1ccc(CC(C)C(C)Cc2ccc(OC([2H])([2H])[2H])c(OC([2H])([2H])[2H])c2)cc1OC([2H])([2H])[2H]. The Hall–Kier alpha value is -2.36. The molecular formula is C22H30O4. The molecule has 0 amide bonds. The fourth-order valence-electron chi connectivity index (χ4n) is 2.83. The molecule has 0 aliphatic rings. The molecule has 0 aliphatic heterocycles. The average Bonchev–Trinajstić information content (AvgIpc) is 2.67. The summed E-state index contributed by atoms with van der Waals surface area (Å²) in [5, 5.41) is 0. The van der Waals surface area contributed by atoms with Crippen LogP contribution in [0.3, 0.4) is 0 Å². The van der Waals surface area contributed by atoms with E-state index in [1.165, 1.54) is 24.3 Å². The highest BCUT2D eigenvalue weighted by Gasteiger charge is 2.16. The molecule has 0 heterocycles. The predicted octanol–water partition coefficient (Wildman–Crippen LogP) is 4.78. The van der Waals surface area contributed by atoms with Crippen molar-refractivity contribution in [2.45, 2.75) is 26.7 Å². The van der Waals surface area contributed by atoms with Gasteiger partial charge in [-0.05, 0) is 60.1 Å². The Morgan fingerprint density at radius 1 is 0.654 bits per heavy atom.